The van der Waals surface area contributed by atoms with Crippen LogP contribution < -0.4 is 9.47 Å². The van der Waals surface area contributed by atoms with E-state index in [1.165, 1.54) is 5.56 Å². The second-order valence-corrected chi connectivity index (χ2v) is 6.32. The minimum absolute atomic E-state index is 0.186. The standard InChI is InChI=1S/C21H25NO4/c1-4-25-21(23)17-7-10-19-15(2)22(11-12-26-20(19)13-17)14-16-5-8-18(24-3)9-6-16/h5-10,13,15H,4,11-12,14H2,1-3H3. The molecule has 5 heteroatoms. The lowest BCUT2D eigenvalue weighted by Gasteiger charge is -2.27. The van der Waals surface area contributed by atoms with Crippen LogP contribution in [0.3, 0.4) is 0 Å². The van der Waals surface area contributed by atoms with E-state index < -0.39 is 0 Å². The van der Waals surface area contributed by atoms with Crippen molar-refractivity contribution in [1.29, 1.82) is 0 Å². The molecule has 2 aromatic carbocycles. The zero-order chi connectivity index (χ0) is 18.5. The van der Waals surface area contributed by atoms with Gasteiger partial charge >= 0.3 is 5.97 Å². The van der Waals surface area contributed by atoms with Gasteiger partial charge < -0.3 is 14.2 Å². The molecule has 138 valence electrons. The fraction of sp³-hybridized carbons (Fsp3) is 0.381. The third kappa shape index (κ3) is 3.99. The molecule has 26 heavy (non-hydrogen) atoms. The van der Waals surface area contributed by atoms with Gasteiger partial charge in [0.25, 0.3) is 0 Å². The molecule has 0 aromatic heterocycles. The maximum Gasteiger partial charge on any atom is 0.338 e. The minimum Gasteiger partial charge on any atom is -0.497 e. The summed E-state index contributed by atoms with van der Waals surface area (Å²) in [6.45, 7) is 6.56. The summed E-state index contributed by atoms with van der Waals surface area (Å²) in [7, 11) is 1.67. The van der Waals surface area contributed by atoms with Crippen LogP contribution in [0.1, 0.15) is 41.4 Å². The average Bonchev–Trinajstić information content (AvgIpc) is 2.81. The van der Waals surface area contributed by atoms with Crippen molar-refractivity contribution in [1.82, 2.24) is 4.90 Å². The van der Waals surface area contributed by atoms with E-state index in [-0.39, 0.29) is 12.0 Å². The molecule has 1 heterocycles. The van der Waals surface area contributed by atoms with Crippen LogP contribution in [0.5, 0.6) is 11.5 Å². The van der Waals surface area contributed by atoms with Crippen LogP contribution in [0.25, 0.3) is 0 Å². The van der Waals surface area contributed by atoms with Gasteiger partial charge in [0.15, 0.2) is 0 Å². The number of rotatable bonds is 5. The summed E-state index contributed by atoms with van der Waals surface area (Å²) in [5.41, 5.74) is 2.84. The Bertz CT molecular complexity index is 757. The second-order valence-electron chi connectivity index (χ2n) is 6.32. The van der Waals surface area contributed by atoms with Crippen LogP contribution in [-0.2, 0) is 11.3 Å². The summed E-state index contributed by atoms with van der Waals surface area (Å²) < 4.78 is 16.2. The molecule has 1 unspecified atom stereocenters. The molecule has 0 amide bonds. The normalized spacial score (nSPS) is 17.0. The molecule has 5 nitrogen and oxygen atoms in total. The highest BCUT2D eigenvalue weighted by molar-refractivity contribution is 5.90. The maximum absolute atomic E-state index is 12.0. The van der Waals surface area contributed by atoms with Gasteiger partial charge in [-0.3, -0.25) is 4.90 Å². The van der Waals surface area contributed by atoms with Gasteiger partial charge in [0.05, 0.1) is 19.3 Å². The van der Waals surface area contributed by atoms with E-state index in [9.17, 15) is 4.79 Å². The van der Waals surface area contributed by atoms with E-state index in [0.29, 0.717) is 18.8 Å². The fourth-order valence-corrected chi connectivity index (χ4v) is 3.19. The number of hydrogen-bond donors (Lipinski definition) is 0. The predicted molar refractivity (Wildman–Crippen MR) is 99.7 cm³/mol. The molecule has 1 aliphatic rings. The fourth-order valence-electron chi connectivity index (χ4n) is 3.19. The Kier molecular flexibility index (Phi) is 5.78. The van der Waals surface area contributed by atoms with E-state index in [2.05, 4.69) is 24.0 Å². The molecule has 0 fully saturated rings. The van der Waals surface area contributed by atoms with Crippen molar-refractivity contribution in [3.63, 3.8) is 0 Å². The molecule has 3 rings (SSSR count). The number of carbonyl (C=O) groups is 1. The van der Waals surface area contributed by atoms with E-state index in [4.69, 9.17) is 14.2 Å². The predicted octanol–water partition coefficient (Wildman–Crippen LogP) is 3.83. The van der Waals surface area contributed by atoms with Gasteiger partial charge in [-0.2, -0.15) is 0 Å². The quantitative estimate of drug-likeness (QED) is 0.763. The van der Waals surface area contributed by atoms with E-state index >= 15 is 0 Å². The zero-order valence-corrected chi connectivity index (χ0v) is 15.5. The third-order valence-electron chi connectivity index (χ3n) is 4.70. The van der Waals surface area contributed by atoms with Gasteiger partial charge in [-0.1, -0.05) is 18.2 Å². The van der Waals surface area contributed by atoms with Crippen LogP contribution in [0.15, 0.2) is 42.5 Å². The van der Waals surface area contributed by atoms with Crippen LogP contribution in [0.2, 0.25) is 0 Å². The van der Waals surface area contributed by atoms with Crippen molar-refractivity contribution >= 4 is 5.97 Å². The summed E-state index contributed by atoms with van der Waals surface area (Å²) >= 11 is 0. The van der Waals surface area contributed by atoms with Crippen LogP contribution >= 0.6 is 0 Å². The third-order valence-corrected chi connectivity index (χ3v) is 4.70. The summed E-state index contributed by atoms with van der Waals surface area (Å²) in [4.78, 5) is 14.3. The smallest absolute Gasteiger partial charge is 0.338 e. The topological polar surface area (TPSA) is 48.0 Å². The number of hydrogen-bond acceptors (Lipinski definition) is 5. The van der Waals surface area contributed by atoms with Crippen LogP contribution in [0.4, 0.5) is 0 Å². The molecular weight excluding hydrogens is 330 g/mol. The Morgan fingerprint density at radius 2 is 2.00 bits per heavy atom. The Balaban J connectivity index is 1.78. The maximum atomic E-state index is 12.0. The van der Waals surface area contributed by atoms with E-state index in [0.717, 1.165) is 30.2 Å². The lowest BCUT2D eigenvalue weighted by atomic mass is 10.0. The summed E-state index contributed by atoms with van der Waals surface area (Å²) in [6.07, 6.45) is 0. The van der Waals surface area contributed by atoms with Gasteiger partial charge in [-0.25, -0.2) is 4.79 Å². The first-order valence-electron chi connectivity index (χ1n) is 8.93. The highest BCUT2D eigenvalue weighted by atomic mass is 16.5. The first-order chi connectivity index (χ1) is 12.6. The van der Waals surface area contributed by atoms with Crippen molar-refractivity contribution in [2.45, 2.75) is 26.4 Å². The Morgan fingerprint density at radius 3 is 2.69 bits per heavy atom. The van der Waals surface area contributed by atoms with Gasteiger partial charge in [0.1, 0.15) is 18.1 Å². The SMILES string of the molecule is CCOC(=O)c1ccc2c(c1)OCCN(Cc1ccc(OC)cc1)C2C. The largest absolute Gasteiger partial charge is 0.497 e. The minimum atomic E-state index is -0.314. The van der Waals surface area contributed by atoms with Crippen molar-refractivity contribution < 1.29 is 19.0 Å². The molecule has 0 saturated carbocycles. The Labute approximate surface area is 154 Å². The van der Waals surface area contributed by atoms with Gasteiger partial charge in [0.2, 0.25) is 0 Å². The van der Waals surface area contributed by atoms with E-state index in [1.807, 2.05) is 24.3 Å². The number of benzene rings is 2. The molecule has 0 bridgehead atoms. The molecule has 0 radical (unpaired) electrons. The number of methoxy groups -OCH3 is 1. The molecule has 2 aromatic rings. The molecular formula is C21H25NO4. The summed E-state index contributed by atoms with van der Waals surface area (Å²) in [6, 6.07) is 13.9. The highest BCUT2D eigenvalue weighted by Gasteiger charge is 2.24. The lowest BCUT2D eigenvalue weighted by Crippen LogP contribution is -2.28. The first kappa shape index (κ1) is 18.3. The lowest BCUT2D eigenvalue weighted by molar-refractivity contribution is 0.0526. The summed E-state index contributed by atoms with van der Waals surface area (Å²) in [5.74, 6) is 1.31. The zero-order valence-electron chi connectivity index (χ0n) is 15.5. The average molecular weight is 355 g/mol. The molecule has 0 spiro atoms. The number of ether oxygens (including phenoxy) is 3. The molecule has 1 aliphatic heterocycles. The molecule has 0 aliphatic carbocycles. The number of esters is 1. The molecule has 1 atom stereocenters. The molecule has 0 saturated heterocycles. The van der Waals surface area contributed by atoms with Crippen LogP contribution in [-0.4, -0.2) is 37.7 Å². The van der Waals surface area contributed by atoms with Crippen molar-refractivity contribution in [3.8, 4) is 11.5 Å². The Morgan fingerprint density at radius 1 is 1.23 bits per heavy atom. The van der Waals surface area contributed by atoms with Crippen molar-refractivity contribution in [2.24, 2.45) is 0 Å². The number of nitrogens with zero attached hydrogens (tertiary/aromatic N) is 1. The summed E-state index contributed by atoms with van der Waals surface area (Å²) in [5, 5.41) is 0. The Hall–Kier alpha value is -2.53. The first-order valence-corrected chi connectivity index (χ1v) is 8.93. The van der Waals surface area contributed by atoms with Crippen molar-refractivity contribution in [3.05, 3.63) is 59.2 Å². The van der Waals surface area contributed by atoms with E-state index in [1.54, 1.807) is 20.1 Å². The molecule has 0 N–H and O–H groups in total. The second kappa shape index (κ2) is 8.23. The van der Waals surface area contributed by atoms with Crippen molar-refractivity contribution in [2.75, 3.05) is 26.9 Å². The van der Waals surface area contributed by atoms with Gasteiger partial charge in [0, 0.05) is 24.7 Å². The van der Waals surface area contributed by atoms with Crippen LogP contribution in [0, 0.1) is 0 Å². The van der Waals surface area contributed by atoms with Gasteiger partial charge in [-0.15, -0.1) is 0 Å². The monoisotopic (exact) mass is 355 g/mol. The number of carbonyl (C=O) groups excluding carboxylic acids is 1. The highest BCUT2D eigenvalue weighted by Crippen LogP contribution is 2.33. The van der Waals surface area contributed by atoms with Gasteiger partial charge in [-0.05, 0) is 43.7 Å². The number of fused-ring (bicyclic) bond motifs is 1.